The van der Waals surface area contributed by atoms with Crippen LogP contribution in [-0.2, 0) is 4.74 Å². The maximum absolute atomic E-state index is 13.3. The molecule has 2 rings (SSSR count). The lowest BCUT2D eigenvalue weighted by Crippen LogP contribution is -2.13. The van der Waals surface area contributed by atoms with Gasteiger partial charge < -0.3 is 15.4 Å². The van der Waals surface area contributed by atoms with Crippen molar-refractivity contribution >= 4 is 11.8 Å². The van der Waals surface area contributed by atoms with Gasteiger partial charge in [-0.15, -0.1) is 0 Å². The summed E-state index contributed by atoms with van der Waals surface area (Å²) in [7, 11) is 1.69. The first kappa shape index (κ1) is 12.0. The first-order chi connectivity index (χ1) is 8.29. The number of anilines is 2. The van der Waals surface area contributed by atoms with Gasteiger partial charge in [-0.05, 0) is 18.8 Å². The van der Waals surface area contributed by atoms with Gasteiger partial charge in [0.2, 0.25) is 5.95 Å². The summed E-state index contributed by atoms with van der Waals surface area (Å²) in [5.41, 5.74) is 0. The molecule has 0 atom stereocenters. The quantitative estimate of drug-likeness (QED) is 0.707. The van der Waals surface area contributed by atoms with Gasteiger partial charge in [0.05, 0.1) is 12.8 Å². The summed E-state index contributed by atoms with van der Waals surface area (Å²) in [5, 5.41) is 5.65. The molecule has 1 aromatic rings. The molecule has 94 valence electrons. The minimum absolute atomic E-state index is 0.208. The molecule has 5 nitrogen and oxygen atoms in total. The Labute approximate surface area is 99.8 Å². The SMILES string of the molecule is CNc1ncc(F)c(NCCOCC2CC2)n1. The smallest absolute Gasteiger partial charge is 0.224 e. The van der Waals surface area contributed by atoms with E-state index in [1.165, 1.54) is 12.8 Å². The molecule has 1 saturated carbocycles. The summed E-state index contributed by atoms with van der Waals surface area (Å²) >= 11 is 0. The van der Waals surface area contributed by atoms with Gasteiger partial charge in [-0.2, -0.15) is 4.98 Å². The third kappa shape index (κ3) is 3.81. The molecule has 1 fully saturated rings. The fraction of sp³-hybridized carbons (Fsp3) is 0.636. The third-order valence-electron chi connectivity index (χ3n) is 2.56. The Morgan fingerprint density at radius 2 is 2.35 bits per heavy atom. The summed E-state index contributed by atoms with van der Waals surface area (Å²) in [4.78, 5) is 7.74. The second-order valence-corrected chi connectivity index (χ2v) is 4.09. The zero-order valence-corrected chi connectivity index (χ0v) is 9.87. The highest BCUT2D eigenvalue weighted by molar-refractivity contribution is 5.40. The van der Waals surface area contributed by atoms with Gasteiger partial charge in [-0.1, -0.05) is 0 Å². The van der Waals surface area contributed by atoms with Crippen LogP contribution in [0.25, 0.3) is 0 Å². The molecule has 17 heavy (non-hydrogen) atoms. The number of nitrogens with zero attached hydrogens (tertiary/aromatic N) is 2. The molecule has 1 aliphatic carbocycles. The lowest BCUT2D eigenvalue weighted by Gasteiger charge is -2.08. The number of halogens is 1. The molecule has 2 N–H and O–H groups in total. The number of nitrogens with one attached hydrogen (secondary N) is 2. The number of hydrogen-bond donors (Lipinski definition) is 2. The van der Waals surface area contributed by atoms with Crippen LogP contribution < -0.4 is 10.6 Å². The Hall–Kier alpha value is -1.43. The topological polar surface area (TPSA) is 59.1 Å². The maximum atomic E-state index is 13.3. The summed E-state index contributed by atoms with van der Waals surface area (Å²) in [6.07, 6.45) is 3.70. The molecule has 0 aromatic carbocycles. The summed E-state index contributed by atoms with van der Waals surface area (Å²) in [6.45, 7) is 1.92. The van der Waals surface area contributed by atoms with Crippen molar-refractivity contribution in [3.8, 4) is 0 Å². The molecule has 1 heterocycles. The molecule has 0 aliphatic heterocycles. The first-order valence-electron chi connectivity index (χ1n) is 5.81. The molecule has 1 aromatic heterocycles. The molecule has 0 radical (unpaired) electrons. The monoisotopic (exact) mass is 240 g/mol. The second-order valence-electron chi connectivity index (χ2n) is 4.09. The largest absolute Gasteiger partial charge is 0.379 e. The lowest BCUT2D eigenvalue weighted by atomic mass is 10.5. The minimum Gasteiger partial charge on any atom is -0.379 e. The van der Waals surface area contributed by atoms with E-state index in [1.807, 2.05) is 0 Å². The van der Waals surface area contributed by atoms with Crippen LogP contribution in [0.15, 0.2) is 6.20 Å². The van der Waals surface area contributed by atoms with E-state index in [1.54, 1.807) is 7.05 Å². The van der Waals surface area contributed by atoms with Crippen molar-refractivity contribution in [1.82, 2.24) is 9.97 Å². The normalized spacial score (nSPS) is 14.7. The molecular formula is C11H17FN4O. The Balaban J connectivity index is 1.72. The van der Waals surface area contributed by atoms with E-state index < -0.39 is 5.82 Å². The van der Waals surface area contributed by atoms with Crippen molar-refractivity contribution in [1.29, 1.82) is 0 Å². The van der Waals surface area contributed by atoms with E-state index in [4.69, 9.17) is 4.74 Å². The van der Waals surface area contributed by atoms with E-state index in [0.717, 1.165) is 18.7 Å². The molecular weight excluding hydrogens is 223 g/mol. The highest BCUT2D eigenvalue weighted by Crippen LogP contribution is 2.28. The van der Waals surface area contributed by atoms with Gasteiger partial charge in [-0.25, -0.2) is 9.37 Å². The van der Waals surface area contributed by atoms with Gasteiger partial charge in [0.15, 0.2) is 11.6 Å². The second kappa shape index (κ2) is 5.77. The molecule has 1 aliphatic rings. The van der Waals surface area contributed by atoms with Crippen LogP contribution in [0.1, 0.15) is 12.8 Å². The van der Waals surface area contributed by atoms with Crippen LogP contribution in [0.4, 0.5) is 16.2 Å². The van der Waals surface area contributed by atoms with Gasteiger partial charge in [0.25, 0.3) is 0 Å². The van der Waals surface area contributed by atoms with Gasteiger partial charge in [0.1, 0.15) is 0 Å². The minimum atomic E-state index is -0.453. The zero-order chi connectivity index (χ0) is 12.1. The number of ether oxygens (including phenoxy) is 1. The van der Waals surface area contributed by atoms with Crippen LogP contribution in [0.3, 0.4) is 0 Å². The third-order valence-corrected chi connectivity index (χ3v) is 2.56. The van der Waals surface area contributed by atoms with Crippen LogP contribution in [0.5, 0.6) is 0 Å². The average molecular weight is 240 g/mol. The standard InChI is InChI=1S/C11H17FN4O/c1-13-11-15-6-9(12)10(16-11)14-4-5-17-7-8-2-3-8/h6,8H,2-5,7H2,1H3,(H2,13,14,15,16). The van der Waals surface area contributed by atoms with Crippen LogP contribution in [0, 0.1) is 11.7 Å². The fourth-order valence-corrected chi connectivity index (χ4v) is 1.39. The van der Waals surface area contributed by atoms with Crippen molar-refractivity contribution < 1.29 is 9.13 Å². The zero-order valence-electron chi connectivity index (χ0n) is 9.87. The van der Waals surface area contributed by atoms with Gasteiger partial charge in [0, 0.05) is 20.2 Å². The van der Waals surface area contributed by atoms with E-state index in [-0.39, 0.29) is 5.82 Å². The lowest BCUT2D eigenvalue weighted by molar-refractivity contribution is 0.134. The van der Waals surface area contributed by atoms with Gasteiger partial charge >= 0.3 is 0 Å². The van der Waals surface area contributed by atoms with E-state index >= 15 is 0 Å². The molecule has 0 bridgehead atoms. The Morgan fingerprint density at radius 3 is 3.06 bits per heavy atom. The van der Waals surface area contributed by atoms with Crippen molar-refractivity contribution in [3.63, 3.8) is 0 Å². The number of rotatable bonds is 7. The van der Waals surface area contributed by atoms with Crippen molar-refractivity contribution in [2.24, 2.45) is 5.92 Å². The maximum Gasteiger partial charge on any atom is 0.224 e. The predicted molar refractivity (Wildman–Crippen MR) is 63.6 cm³/mol. The van der Waals surface area contributed by atoms with Crippen LogP contribution in [0.2, 0.25) is 0 Å². The van der Waals surface area contributed by atoms with Gasteiger partial charge in [-0.3, -0.25) is 0 Å². The average Bonchev–Trinajstić information content (AvgIpc) is 3.15. The van der Waals surface area contributed by atoms with E-state index in [9.17, 15) is 4.39 Å². The Morgan fingerprint density at radius 1 is 1.53 bits per heavy atom. The highest BCUT2D eigenvalue weighted by atomic mass is 19.1. The molecule has 0 spiro atoms. The van der Waals surface area contributed by atoms with E-state index in [2.05, 4.69) is 20.6 Å². The Kier molecular flexibility index (Phi) is 4.08. The van der Waals surface area contributed by atoms with Crippen LogP contribution >= 0.6 is 0 Å². The van der Waals surface area contributed by atoms with Crippen molar-refractivity contribution in [2.75, 3.05) is 37.4 Å². The highest BCUT2D eigenvalue weighted by Gasteiger charge is 2.20. The molecule has 0 unspecified atom stereocenters. The summed E-state index contributed by atoms with van der Waals surface area (Å²) in [5.74, 6) is 0.903. The number of hydrogen-bond acceptors (Lipinski definition) is 5. The summed E-state index contributed by atoms with van der Waals surface area (Å²) < 4.78 is 18.7. The molecule has 6 heteroatoms. The molecule has 0 saturated heterocycles. The Bertz CT molecular complexity index is 370. The van der Waals surface area contributed by atoms with Crippen molar-refractivity contribution in [2.45, 2.75) is 12.8 Å². The predicted octanol–water partition coefficient (Wildman–Crippen LogP) is 1.50. The van der Waals surface area contributed by atoms with Crippen molar-refractivity contribution in [3.05, 3.63) is 12.0 Å². The first-order valence-corrected chi connectivity index (χ1v) is 5.81. The number of aromatic nitrogens is 2. The summed E-state index contributed by atoms with van der Waals surface area (Å²) in [6, 6.07) is 0. The van der Waals surface area contributed by atoms with E-state index in [0.29, 0.717) is 19.1 Å². The van der Waals surface area contributed by atoms with Crippen LogP contribution in [-0.4, -0.2) is 36.8 Å². The molecule has 0 amide bonds. The fourth-order valence-electron chi connectivity index (χ4n) is 1.39.